The summed E-state index contributed by atoms with van der Waals surface area (Å²) in [5, 5.41) is 2.15. The number of allylic oxidation sites excluding steroid dienone is 1. The topological polar surface area (TPSA) is 43.4 Å². The van der Waals surface area contributed by atoms with Crippen LogP contribution < -0.4 is 0 Å². The van der Waals surface area contributed by atoms with Crippen molar-refractivity contribution in [3.63, 3.8) is 0 Å². The molecule has 0 atom stereocenters. The molecule has 0 saturated carbocycles. The lowest BCUT2D eigenvalue weighted by Crippen LogP contribution is -2.00. The van der Waals surface area contributed by atoms with Gasteiger partial charge in [-0.05, 0) is 40.6 Å². The first kappa shape index (κ1) is 15.7. The van der Waals surface area contributed by atoms with Crippen molar-refractivity contribution < 1.29 is 14.3 Å². The van der Waals surface area contributed by atoms with E-state index in [1.54, 1.807) is 30.3 Å². The molecule has 0 saturated heterocycles. The second kappa shape index (κ2) is 6.92. The molecule has 24 heavy (non-hydrogen) atoms. The molecule has 0 radical (unpaired) electrons. The van der Waals surface area contributed by atoms with Crippen LogP contribution in [0.1, 0.15) is 26.3 Å². The molecule has 0 aromatic heterocycles. The smallest absolute Gasteiger partial charge is 0.337 e. The van der Waals surface area contributed by atoms with Crippen molar-refractivity contribution in [1.29, 1.82) is 0 Å². The normalized spacial score (nSPS) is 10.9. The fraction of sp³-hybridized carbons (Fsp3) is 0.0476. The Balaban J connectivity index is 1.77. The molecule has 0 bridgehead atoms. The van der Waals surface area contributed by atoms with E-state index >= 15 is 0 Å². The van der Waals surface area contributed by atoms with Crippen LogP contribution in [0.5, 0.6) is 0 Å². The van der Waals surface area contributed by atoms with Gasteiger partial charge in [-0.2, -0.15) is 0 Å². The van der Waals surface area contributed by atoms with Crippen molar-refractivity contribution in [2.24, 2.45) is 0 Å². The van der Waals surface area contributed by atoms with Gasteiger partial charge >= 0.3 is 5.97 Å². The highest BCUT2D eigenvalue weighted by Gasteiger charge is 2.05. The molecule has 3 aromatic carbocycles. The van der Waals surface area contributed by atoms with Crippen molar-refractivity contribution in [3.05, 3.63) is 89.5 Å². The summed E-state index contributed by atoms with van der Waals surface area (Å²) in [6.07, 6.45) is 3.27. The number of hydrogen-bond donors (Lipinski definition) is 0. The Morgan fingerprint density at radius 1 is 0.833 bits per heavy atom. The van der Waals surface area contributed by atoms with Crippen molar-refractivity contribution in [3.8, 4) is 0 Å². The molecule has 0 fully saturated rings. The number of ether oxygens (including phenoxy) is 1. The van der Waals surface area contributed by atoms with E-state index in [9.17, 15) is 9.59 Å². The van der Waals surface area contributed by atoms with Crippen molar-refractivity contribution in [2.45, 2.75) is 0 Å². The first-order valence-corrected chi connectivity index (χ1v) is 7.57. The third-order valence-electron chi connectivity index (χ3n) is 3.79. The molecule has 0 amide bonds. The summed E-state index contributed by atoms with van der Waals surface area (Å²) in [5.41, 5.74) is 1.98. The number of methoxy groups -OCH3 is 1. The zero-order valence-electron chi connectivity index (χ0n) is 13.2. The standard InChI is InChI=1S/C21H16O3/c1-24-21(23)17-9-6-15(7-10-17)8-13-20(22)19-12-11-16-4-2-3-5-18(16)14-19/h2-14H,1H3. The van der Waals surface area contributed by atoms with Crippen LogP contribution in [0.3, 0.4) is 0 Å². The zero-order chi connectivity index (χ0) is 16.9. The predicted molar refractivity (Wildman–Crippen MR) is 95.1 cm³/mol. The van der Waals surface area contributed by atoms with Crippen LogP contribution in [0.15, 0.2) is 72.8 Å². The summed E-state index contributed by atoms with van der Waals surface area (Å²) >= 11 is 0. The minimum absolute atomic E-state index is 0.0576. The molecule has 3 aromatic rings. The van der Waals surface area contributed by atoms with E-state index in [0.29, 0.717) is 11.1 Å². The van der Waals surface area contributed by atoms with Crippen LogP contribution in [0.25, 0.3) is 16.8 Å². The number of esters is 1. The van der Waals surface area contributed by atoms with Crippen LogP contribution in [0.4, 0.5) is 0 Å². The van der Waals surface area contributed by atoms with Gasteiger partial charge in [-0.3, -0.25) is 4.79 Å². The Bertz CT molecular complexity index is 921. The van der Waals surface area contributed by atoms with Gasteiger partial charge in [0.25, 0.3) is 0 Å². The summed E-state index contributed by atoms with van der Waals surface area (Å²) < 4.78 is 4.66. The molecule has 0 spiro atoms. The lowest BCUT2D eigenvalue weighted by molar-refractivity contribution is 0.0600. The first-order valence-electron chi connectivity index (χ1n) is 7.57. The van der Waals surface area contributed by atoms with Crippen LogP contribution >= 0.6 is 0 Å². The maximum Gasteiger partial charge on any atom is 0.337 e. The van der Waals surface area contributed by atoms with Gasteiger partial charge in [0.2, 0.25) is 0 Å². The van der Waals surface area contributed by atoms with E-state index in [-0.39, 0.29) is 11.8 Å². The molecule has 0 aliphatic carbocycles. The van der Waals surface area contributed by atoms with E-state index in [4.69, 9.17) is 0 Å². The molecule has 3 nitrogen and oxygen atoms in total. The maximum atomic E-state index is 12.3. The molecule has 3 heteroatoms. The second-order valence-electron chi connectivity index (χ2n) is 5.37. The highest BCUT2D eigenvalue weighted by atomic mass is 16.5. The van der Waals surface area contributed by atoms with Crippen molar-refractivity contribution in [1.82, 2.24) is 0 Å². The Morgan fingerprint density at radius 2 is 1.50 bits per heavy atom. The van der Waals surface area contributed by atoms with E-state index < -0.39 is 0 Å². The minimum atomic E-state index is -0.377. The number of carbonyl (C=O) groups excluding carboxylic acids is 2. The Labute approximate surface area is 140 Å². The average molecular weight is 316 g/mol. The molecule has 0 unspecified atom stereocenters. The molecule has 0 aliphatic rings. The third-order valence-corrected chi connectivity index (χ3v) is 3.79. The third kappa shape index (κ3) is 3.41. The van der Waals surface area contributed by atoms with Gasteiger partial charge in [0, 0.05) is 5.56 Å². The van der Waals surface area contributed by atoms with Gasteiger partial charge in [-0.15, -0.1) is 0 Å². The summed E-state index contributed by atoms with van der Waals surface area (Å²) in [5.74, 6) is -0.435. The number of ketones is 1. The highest BCUT2D eigenvalue weighted by Crippen LogP contribution is 2.16. The zero-order valence-corrected chi connectivity index (χ0v) is 13.2. The van der Waals surface area contributed by atoms with Crippen LogP contribution in [-0.2, 0) is 4.74 Å². The van der Waals surface area contributed by atoms with Gasteiger partial charge in [-0.25, -0.2) is 4.79 Å². The van der Waals surface area contributed by atoms with Crippen LogP contribution in [0, 0.1) is 0 Å². The molecule has 3 rings (SSSR count). The van der Waals surface area contributed by atoms with E-state index in [1.165, 1.54) is 13.2 Å². The number of hydrogen-bond acceptors (Lipinski definition) is 3. The minimum Gasteiger partial charge on any atom is -0.465 e. The van der Waals surface area contributed by atoms with Crippen LogP contribution in [-0.4, -0.2) is 18.9 Å². The monoisotopic (exact) mass is 316 g/mol. The van der Waals surface area contributed by atoms with Crippen molar-refractivity contribution >= 4 is 28.6 Å². The number of benzene rings is 3. The maximum absolute atomic E-state index is 12.3. The van der Waals surface area contributed by atoms with Gasteiger partial charge in [-0.1, -0.05) is 54.6 Å². The number of fused-ring (bicyclic) bond motifs is 1. The summed E-state index contributed by atoms with van der Waals surface area (Å²) in [6.45, 7) is 0. The lowest BCUT2D eigenvalue weighted by atomic mass is 10.0. The van der Waals surface area contributed by atoms with Gasteiger partial charge in [0.05, 0.1) is 12.7 Å². The Hall–Kier alpha value is -3.20. The summed E-state index contributed by atoms with van der Waals surface area (Å²) in [4.78, 5) is 23.7. The van der Waals surface area contributed by atoms with Gasteiger partial charge in [0.15, 0.2) is 5.78 Å². The van der Waals surface area contributed by atoms with Crippen molar-refractivity contribution in [2.75, 3.05) is 7.11 Å². The Kier molecular flexibility index (Phi) is 4.52. The second-order valence-corrected chi connectivity index (χ2v) is 5.37. The van der Waals surface area contributed by atoms with E-state index in [1.807, 2.05) is 42.5 Å². The highest BCUT2D eigenvalue weighted by molar-refractivity contribution is 6.08. The molecule has 118 valence electrons. The molecule has 0 heterocycles. The van der Waals surface area contributed by atoms with E-state index in [0.717, 1.165) is 16.3 Å². The largest absolute Gasteiger partial charge is 0.465 e. The SMILES string of the molecule is COC(=O)c1ccc(C=CC(=O)c2ccc3ccccc3c2)cc1. The fourth-order valence-electron chi connectivity index (χ4n) is 2.46. The van der Waals surface area contributed by atoms with Crippen LogP contribution in [0.2, 0.25) is 0 Å². The molecular formula is C21H16O3. The molecular weight excluding hydrogens is 300 g/mol. The summed E-state index contributed by atoms with van der Waals surface area (Å²) in [7, 11) is 1.35. The lowest BCUT2D eigenvalue weighted by Gasteiger charge is -2.01. The quantitative estimate of drug-likeness (QED) is 0.404. The Morgan fingerprint density at radius 3 is 2.21 bits per heavy atom. The molecule has 0 N–H and O–H groups in total. The average Bonchev–Trinajstić information content (AvgIpc) is 2.65. The predicted octanol–water partition coefficient (Wildman–Crippen LogP) is 4.52. The first-order chi connectivity index (χ1) is 11.7. The fourth-order valence-corrected chi connectivity index (χ4v) is 2.46. The number of carbonyl (C=O) groups is 2. The summed E-state index contributed by atoms with van der Waals surface area (Å²) in [6, 6.07) is 20.5. The molecule has 0 aliphatic heterocycles. The van der Waals surface area contributed by atoms with Gasteiger partial charge in [0.1, 0.15) is 0 Å². The van der Waals surface area contributed by atoms with Gasteiger partial charge < -0.3 is 4.74 Å². The van der Waals surface area contributed by atoms with E-state index in [2.05, 4.69) is 4.74 Å². The number of rotatable bonds is 4.